The molecule has 2 aliphatic carbocycles. The molecule has 6 rings (SSSR count). The van der Waals surface area contributed by atoms with Gasteiger partial charge in [-0.15, -0.1) is 0 Å². The van der Waals surface area contributed by atoms with Crippen molar-refractivity contribution in [2.24, 2.45) is 11.8 Å². The highest BCUT2D eigenvalue weighted by Gasteiger charge is 2.43. The van der Waals surface area contributed by atoms with Crippen LogP contribution in [0.1, 0.15) is 51.7 Å². The molecule has 2 aromatic carbocycles. The third-order valence-electron chi connectivity index (χ3n) is 7.38. The molecule has 146 valence electrons. The lowest BCUT2D eigenvalue weighted by molar-refractivity contribution is 0.102. The molecule has 2 aromatic rings. The molecule has 2 aliphatic heterocycles. The van der Waals surface area contributed by atoms with Crippen LogP contribution in [0.4, 0.5) is 11.4 Å². The van der Waals surface area contributed by atoms with Crippen molar-refractivity contribution < 1.29 is 4.79 Å². The van der Waals surface area contributed by atoms with Gasteiger partial charge in [0, 0.05) is 47.4 Å². The zero-order valence-corrected chi connectivity index (χ0v) is 16.8. The third-order valence-corrected chi connectivity index (χ3v) is 7.38. The fourth-order valence-corrected chi connectivity index (χ4v) is 6.01. The van der Waals surface area contributed by atoms with Crippen molar-refractivity contribution in [1.82, 2.24) is 0 Å². The van der Waals surface area contributed by atoms with Crippen LogP contribution in [0, 0.1) is 18.8 Å². The molecule has 4 atom stereocenters. The first kappa shape index (κ1) is 17.1. The minimum atomic E-state index is -0.00982. The second kappa shape index (κ2) is 6.35. The maximum Gasteiger partial charge on any atom is 0.255 e. The van der Waals surface area contributed by atoms with Gasteiger partial charge in [0.05, 0.1) is 0 Å². The van der Waals surface area contributed by atoms with Crippen LogP contribution in [0.5, 0.6) is 0 Å². The van der Waals surface area contributed by atoms with Gasteiger partial charge in [-0.2, -0.15) is 0 Å². The number of hydrogen-bond acceptors (Lipinski definition) is 2. The predicted molar refractivity (Wildman–Crippen MR) is 118 cm³/mol. The van der Waals surface area contributed by atoms with Gasteiger partial charge in [0.1, 0.15) is 0 Å². The Bertz CT molecular complexity index is 1060. The Balaban J connectivity index is 1.47. The summed E-state index contributed by atoms with van der Waals surface area (Å²) in [5.74, 6) is 2.26. The average molecular weight is 383 g/mol. The molecule has 4 aliphatic rings. The van der Waals surface area contributed by atoms with E-state index < -0.39 is 0 Å². The van der Waals surface area contributed by atoms with E-state index in [0.717, 1.165) is 36.3 Å². The van der Waals surface area contributed by atoms with Crippen molar-refractivity contribution in [3.63, 3.8) is 0 Å². The van der Waals surface area contributed by atoms with Crippen LogP contribution in [-0.4, -0.2) is 19.0 Å². The Morgan fingerprint density at radius 2 is 1.69 bits per heavy atom. The van der Waals surface area contributed by atoms with Crippen molar-refractivity contribution in [3.8, 4) is 0 Å². The number of carbonyl (C=O) groups is 1. The normalized spacial score (nSPS) is 28.1. The number of nitrogens with one attached hydrogen (secondary N) is 1. The molecule has 3 heteroatoms. The number of hydrogen-bond donors (Lipinski definition) is 1. The molecule has 2 heterocycles. The van der Waals surface area contributed by atoms with Crippen LogP contribution in [0.15, 0.2) is 60.7 Å². The number of benzene rings is 2. The standard InChI is InChI=1S/C26H26N2O/c1-16-6-2-3-9-19(16)26(29)27-23-13-12-22-20-10-4-7-17(20)14-28-15-18-8-5-11-21(18)24(23)25(22)28/h2-6,9-13,17-18,20-21H,7-8,14-15H2,1H3,(H,27,29)/t17-,18+,20+,21-/m1/s1. The van der Waals surface area contributed by atoms with E-state index in [1.54, 1.807) is 0 Å². The van der Waals surface area contributed by atoms with Gasteiger partial charge >= 0.3 is 0 Å². The van der Waals surface area contributed by atoms with Gasteiger partial charge in [0.25, 0.3) is 5.91 Å². The van der Waals surface area contributed by atoms with E-state index in [9.17, 15) is 4.79 Å². The minimum absolute atomic E-state index is 0.00982. The Morgan fingerprint density at radius 3 is 2.48 bits per heavy atom. The van der Waals surface area contributed by atoms with Crippen molar-refractivity contribution in [1.29, 1.82) is 0 Å². The Labute approximate surface area is 172 Å². The molecule has 0 saturated carbocycles. The first-order valence-electron chi connectivity index (χ1n) is 10.8. The summed E-state index contributed by atoms with van der Waals surface area (Å²) in [5, 5.41) is 3.28. The van der Waals surface area contributed by atoms with Crippen LogP contribution in [-0.2, 0) is 0 Å². The summed E-state index contributed by atoms with van der Waals surface area (Å²) in [7, 11) is 0. The molecule has 29 heavy (non-hydrogen) atoms. The SMILES string of the molecule is Cc1ccccc1C(=O)Nc1ccc2c3c1[C@@H]1C=CC[C@H]1CN3C[C@H]1CC=C[C@H]21. The molecule has 1 N–H and O–H groups in total. The van der Waals surface area contributed by atoms with Crippen LogP contribution in [0.3, 0.4) is 0 Å². The molecular weight excluding hydrogens is 356 g/mol. The van der Waals surface area contributed by atoms with Crippen LogP contribution < -0.4 is 10.2 Å². The first-order chi connectivity index (χ1) is 14.2. The fourth-order valence-electron chi connectivity index (χ4n) is 6.01. The number of carbonyl (C=O) groups excluding carboxylic acids is 1. The number of fused-ring (bicyclic) bond motifs is 4. The Kier molecular flexibility index (Phi) is 3.74. The molecule has 0 aromatic heterocycles. The lowest BCUT2D eigenvalue weighted by atomic mass is 9.74. The minimum Gasteiger partial charge on any atom is -0.370 e. The van der Waals surface area contributed by atoms with E-state index in [1.165, 1.54) is 23.2 Å². The summed E-state index contributed by atoms with van der Waals surface area (Å²) in [5.41, 5.74) is 6.95. The molecule has 0 bridgehead atoms. The molecular formula is C26H26N2O. The zero-order valence-electron chi connectivity index (χ0n) is 16.8. The van der Waals surface area contributed by atoms with Crippen molar-refractivity contribution in [2.45, 2.75) is 31.6 Å². The molecule has 0 fully saturated rings. The highest BCUT2D eigenvalue weighted by atomic mass is 16.1. The monoisotopic (exact) mass is 382 g/mol. The van der Waals surface area contributed by atoms with Gasteiger partial charge in [-0.3, -0.25) is 4.79 Å². The number of aryl methyl sites for hydroxylation is 1. The number of allylic oxidation sites excluding steroid dienone is 4. The van der Waals surface area contributed by atoms with Gasteiger partial charge < -0.3 is 10.2 Å². The lowest BCUT2D eigenvalue weighted by Crippen LogP contribution is -2.44. The Hall–Kier alpha value is -2.81. The van der Waals surface area contributed by atoms with Crippen LogP contribution >= 0.6 is 0 Å². The largest absolute Gasteiger partial charge is 0.370 e. The van der Waals surface area contributed by atoms with Gasteiger partial charge in [-0.25, -0.2) is 0 Å². The van der Waals surface area contributed by atoms with Gasteiger partial charge in [-0.05, 0) is 54.9 Å². The number of anilines is 2. The summed E-state index contributed by atoms with van der Waals surface area (Å²) in [6.45, 7) is 4.27. The van der Waals surface area contributed by atoms with Gasteiger partial charge in [0.15, 0.2) is 0 Å². The maximum atomic E-state index is 13.1. The van der Waals surface area contributed by atoms with Crippen molar-refractivity contribution >= 4 is 17.3 Å². The van der Waals surface area contributed by atoms with E-state index >= 15 is 0 Å². The second-order valence-electron chi connectivity index (χ2n) is 9.04. The highest BCUT2D eigenvalue weighted by Crippen LogP contribution is 2.54. The van der Waals surface area contributed by atoms with Crippen molar-refractivity contribution in [3.05, 3.63) is 83.0 Å². The highest BCUT2D eigenvalue weighted by molar-refractivity contribution is 6.06. The van der Waals surface area contributed by atoms with E-state index in [4.69, 9.17) is 0 Å². The smallest absolute Gasteiger partial charge is 0.255 e. The van der Waals surface area contributed by atoms with Crippen LogP contribution in [0.25, 0.3) is 0 Å². The van der Waals surface area contributed by atoms with E-state index in [2.05, 4.69) is 46.7 Å². The summed E-state index contributed by atoms with van der Waals surface area (Å²) >= 11 is 0. The number of nitrogens with zero attached hydrogens (tertiary/aromatic N) is 1. The molecule has 3 nitrogen and oxygen atoms in total. The molecule has 0 spiro atoms. The molecule has 1 amide bonds. The van der Waals surface area contributed by atoms with E-state index in [-0.39, 0.29) is 5.91 Å². The van der Waals surface area contributed by atoms with E-state index in [0.29, 0.717) is 23.7 Å². The summed E-state index contributed by atoms with van der Waals surface area (Å²) in [6.07, 6.45) is 11.8. The van der Waals surface area contributed by atoms with E-state index in [1.807, 2.05) is 31.2 Å². The lowest BCUT2D eigenvalue weighted by Gasteiger charge is -2.46. The molecule has 0 unspecified atom stereocenters. The molecule has 0 saturated heterocycles. The number of rotatable bonds is 2. The zero-order chi connectivity index (χ0) is 19.5. The maximum absolute atomic E-state index is 13.1. The summed E-state index contributed by atoms with van der Waals surface area (Å²) < 4.78 is 0. The quantitative estimate of drug-likeness (QED) is 0.705. The summed E-state index contributed by atoms with van der Waals surface area (Å²) in [6, 6.07) is 12.2. The number of amides is 1. The summed E-state index contributed by atoms with van der Waals surface area (Å²) in [4.78, 5) is 15.7. The topological polar surface area (TPSA) is 32.3 Å². The van der Waals surface area contributed by atoms with Gasteiger partial charge in [0.2, 0.25) is 0 Å². The Morgan fingerprint density at radius 1 is 0.966 bits per heavy atom. The predicted octanol–water partition coefficient (Wildman–Crippen LogP) is 5.40. The average Bonchev–Trinajstić information content (AvgIpc) is 3.38. The fraction of sp³-hybridized carbons (Fsp3) is 0.346. The first-order valence-corrected chi connectivity index (χ1v) is 10.8. The van der Waals surface area contributed by atoms with Crippen LogP contribution in [0.2, 0.25) is 0 Å². The third kappa shape index (κ3) is 2.53. The van der Waals surface area contributed by atoms with Gasteiger partial charge in [-0.1, -0.05) is 48.6 Å². The molecule has 0 radical (unpaired) electrons. The second-order valence-corrected chi connectivity index (χ2v) is 9.04. The van der Waals surface area contributed by atoms with Crippen molar-refractivity contribution in [2.75, 3.05) is 23.3 Å².